The Balaban J connectivity index is 1.99. The van der Waals surface area contributed by atoms with E-state index >= 15 is 0 Å². The lowest BCUT2D eigenvalue weighted by Gasteiger charge is -2.43. The zero-order valence-electron chi connectivity index (χ0n) is 15.0. The summed E-state index contributed by atoms with van der Waals surface area (Å²) in [6, 6.07) is 0. The molecule has 2 aliphatic rings. The van der Waals surface area contributed by atoms with Crippen molar-refractivity contribution in [2.45, 2.75) is 77.6 Å². The second-order valence-electron chi connectivity index (χ2n) is 8.08. The normalized spacial score (nSPS) is 29.2. The van der Waals surface area contributed by atoms with E-state index in [1.165, 1.54) is 0 Å². The molecule has 1 heterocycles. The van der Waals surface area contributed by atoms with Crippen molar-refractivity contribution in [3.05, 3.63) is 0 Å². The first-order valence-corrected chi connectivity index (χ1v) is 8.91. The Labute approximate surface area is 143 Å². The molecule has 0 atom stereocenters. The number of esters is 1. The number of carbonyl (C=O) groups is 2. The maximum Gasteiger partial charge on any atom is 0.417 e. The summed E-state index contributed by atoms with van der Waals surface area (Å²) >= 11 is 0. The van der Waals surface area contributed by atoms with Crippen LogP contribution >= 0.6 is 0 Å². The molecule has 1 saturated heterocycles. The topological polar surface area (TPSA) is 82.1 Å². The van der Waals surface area contributed by atoms with Gasteiger partial charge in [-0.05, 0) is 49.9 Å². The van der Waals surface area contributed by atoms with Crippen molar-refractivity contribution in [3.8, 4) is 0 Å². The molecule has 0 spiro atoms. The fourth-order valence-corrected chi connectivity index (χ4v) is 3.74. The molecule has 0 amide bonds. The Bertz CT molecular complexity index is 439. The summed E-state index contributed by atoms with van der Waals surface area (Å²) in [4.78, 5) is 22.6. The number of hydrogen-bond acceptors (Lipinski definition) is 5. The number of aliphatic carboxylic acids is 1. The molecule has 0 aromatic heterocycles. The Morgan fingerprint density at radius 2 is 1.75 bits per heavy atom. The van der Waals surface area contributed by atoms with Gasteiger partial charge in [0.25, 0.3) is 0 Å². The third kappa shape index (κ3) is 5.18. The van der Waals surface area contributed by atoms with Crippen LogP contribution in [0.25, 0.3) is 0 Å². The van der Waals surface area contributed by atoms with Crippen LogP contribution in [0.1, 0.15) is 65.7 Å². The molecule has 0 radical (unpaired) electrons. The highest BCUT2D eigenvalue weighted by atomic mass is 16.7. The van der Waals surface area contributed by atoms with E-state index in [0.717, 1.165) is 19.3 Å². The quantitative estimate of drug-likeness (QED) is 0.624. The Hall–Kier alpha value is -1.14. The van der Waals surface area contributed by atoms with Gasteiger partial charge < -0.3 is 19.3 Å². The molecule has 2 rings (SSSR count). The first-order chi connectivity index (χ1) is 11.2. The minimum absolute atomic E-state index is 0.207. The Kier molecular flexibility index (Phi) is 6.26. The van der Waals surface area contributed by atoms with Crippen molar-refractivity contribution < 1.29 is 28.9 Å². The van der Waals surface area contributed by atoms with E-state index in [2.05, 4.69) is 20.8 Å². The van der Waals surface area contributed by atoms with E-state index in [-0.39, 0.29) is 11.7 Å². The summed E-state index contributed by atoms with van der Waals surface area (Å²) in [5.74, 6) is -2.14. The third-order valence-corrected chi connectivity index (χ3v) is 5.34. The summed E-state index contributed by atoms with van der Waals surface area (Å²) < 4.78 is 16.6. The van der Waals surface area contributed by atoms with E-state index in [4.69, 9.17) is 19.3 Å². The molecular formula is C18H30O6. The molecular weight excluding hydrogens is 312 g/mol. The van der Waals surface area contributed by atoms with E-state index < -0.39 is 17.5 Å². The van der Waals surface area contributed by atoms with Gasteiger partial charge in [-0.3, -0.25) is 0 Å². The summed E-state index contributed by atoms with van der Waals surface area (Å²) in [5, 5.41) is 8.90. The minimum Gasteiger partial charge on any atom is -0.473 e. The molecule has 1 aliphatic heterocycles. The van der Waals surface area contributed by atoms with Crippen LogP contribution in [0.15, 0.2) is 0 Å². The SMILES string of the molecule is CC(C)(C)C1CCC(CCC2OCCCO2)(OC(=O)C(=O)O)CC1. The van der Waals surface area contributed by atoms with Crippen molar-refractivity contribution in [1.82, 2.24) is 0 Å². The first-order valence-electron chi connectivity index (χ1n) is 8.91. The Morgan fingerprint density at radius 1 is 1.17 bits per heavy atom. The van der Waals surface area contributed by atoms with Crippen LogP contribution < -0.4 is 0 Å². The monoisotopic (exact) mass is 342 g/mol. The van der Waals surface area contributed by atoms with E-state index in [1.807, 2.05) is 0 Å². The fourth-order valence-electron chi connectivity index (χ4n) is 3.74. The number of carboxylic acid groups (broad SMARTS) is 1. The summed E-state index contributed by atoms with van der Waals surface area (Å²) in [6.45, 7) is 8.02. The minimum atomic E-state index is -1.53. The van der Waals surface area contributed by atoms with Crippen molar-refractivity contribution >= 4 is 11.9 Å². The molecule has 6 heteroatoms. The van der Waals surface area contributed by atoms with Crippen LogP contribution in [-0.2, 0) is 23.8 Å². The fraction of sp³-hybridized carbons (Fsp3) is 0.889. The third-order valence-electron chi connectivity index (χ3n) is 5.34. The largest absolute Gasteiger partial charge is 0.473 e. The maximum atomic E-state index is 11.7. The summed E-state index contributed by atoms with van der Waals surface area (Å²) in [6.07, 6.45) is 5.07. The summed E-state index contributed by atoms with van der Waals surface area (Å²) in [5.41, 5.74) is -0.500. The number of rotatable bonds is 4. The van der Waals surface area contributed by atoms with Crippen LogP contribution in [-0.4, -0.2) is 42.1 Å². The van der Waals surface area contributed by atoms with Crippen LogP contribution in [0.3, 0.4) is 0 Å². The molecule has 0 aromatic carbocycles. The molecule has 6 nitrogen and oxygen atoms in total. The highest BCUT2D eigenvalue weighted by molar-refractivity contribution is 6.28. The van der Waals surface area contributed by atoms with Gasteiger partial charge in [0.05, 0.1) is 13.2 Å². The van der Waals surface area contributed by atoms with Gasteiger partial charge >= 0.3 is 11.9 Å². The molecule has 138 valence electrons. The molecule has 24 heavy (non-hydrogen) atoms. The zero-order chi connectivity index (χ0) is 17.8. The molecule has 1 N–H and O–H groups in total. The number of hydrogen-bond donors (Lipinski definition) is 1. The van der Waals surface area contributed by atoms with Crippen LogP contribution in [0.4, 0.5) is 0 Å². The van der Waals surface area contributed by atoms with Crippen LogP contribution in [0.2, 0.25) is 0 Å². The first kappa shape index (κ1) is 19.2. The van der Waals surface area contributed by atoms with Gasteiger partial charge in [-0.1, -0.05) is 20.8 Å². The maximum absolute atomic E-state index is 11.7. The van der Waals surface area contributed by atoms with Gasteiger partial charge in [-0.25, -0.2) is 9.59 Å². The lowest BCUT2D eigenvalue weighted by molar-refractivity contribution is -0.196. The molecule has 0 bridgehead atoms. The smallest absolute Gasteiger partial charge is 0.417 e. The number of carbonyl (C=O) groups excluding carboxylic acids is 1. The predicted molar refractivity (Wildman–Crippen MR) is 87.4 cm³/mol. The molecule has 2 fully saturated rings. The summed E-state index contributed by atoms with van der Waals surface area (Å²) in [7, 11) is 0. The average Bonchev–Trinajstić information content (AvgIpc) is 2.53. The van der Waals surface area contributed by atoms with Gasteiger partial charge in [0.15, 0.2) is 6.29 Å². The highest BCUT2D eigenvalue weighted by Gasteiger charge is 2.42. The van der Waals surface area contributed by atoms with Gasteiger partial charge in [0.1, 0.15) is 5.60 Å². The standard InChI is InChI=1S/C18H30O6/c1-17(2,3)13-5-8-18(9-6-13,24-16(21)15(19)20)10-7-14-22-11-4-12-23-14/h13-14H,4-12H2,1-3H3,(H,19,20). The van der Waals surface area contributed by atoms with Crippen molar-refractivity contribution in [2.75, 3.05) is 13.2 Å². The van der Waals surface area contributed by atoms with Crippen molar-refractivity contribution in [1.29, 1.82) is 0 Å². The number of carboxylic acids is 1. The van der Waals surface area contributed by atoms with Crippen LogP contribution in [0.5, 0.6) is 0 Å². The molecule has 0 unspecified atom stereocenters. The van der Waals surface area contributed by atoms with E-state index in [9.17, 15) is 9.59 Å². The lowest BCUT2D eigenvalue weighted by atomic mass is 9.67. The van der Waals surface area contributed by atoms with E-state index in [1.54, 1.807) is 0 Å². The molecule has 0 aromatic rings. The molecule has 1 aliphatic carbocycles. The average molecular weight is 342 g/mol. The van der Waals surface area contributed by atoms with Crippen molar-refractivity contribution in [2.24, 2.45) is 11.3 Å². The van der Waals surface area contributed by atoms with Gasteiger partial charge in [0.2, 0.25) is 0 Å². The highest BCUT2D eigenvalue weighted by Crippen LogP contribution is 2.45. The predicted octanol–water partition coefficient (Wildman–Crippen LogP) is 3.13. The van der Waals surface area contributed by atoms with Gasteiger partial charge in [0, 0.05) is 6.42 Å². The van der Waals surface area contributed by atoms with Gasteiger partial charge in [-0.2, -0.15) is 0 Å². The van der Waals surface area contributed by atoms with Gasteiger partial charge in [-0.15, -0.1) is 0 Å². The number of ether oxygens (including phenoxy) is 3. The second-order valence-corrected chi connectivity index (χ2v) is 8.08. The van der Waals surface area contributed by atoms with Crippen LogP contribution in [0, 0.1) is 11.3 Å². The van der Waals surface area contributed by atoms with Crippen molar-refractivity contribution in [3.63, 3.8) is 0 Å². The van der Waals surface area contributed by atoms with E-state index in [0.29, 0.717) is 44.8 Å². The molecule has 1 saturated carbocycles. The second kappa shape index (κ2) is 7.83. The lowest BCUT2D eigenvalue weighted by Crippen LogP contribution is -2.43. The zero-order valence-corrected chi connectivity index (χ0v) is 15.0. The Morgan fingerprint density at radius 3 is 2.25 bits per heavy atom.